The highest BCUT2D eigenvalue weighted by atomic mass is 79.9. The number of halogens is 1. The van der Waals surface area contributed by atoms with E-state index in [-0.39, 0.29) is 11.3 Å². The smallest absolute Gasteiger partial charge is 0.337 e. The first-order valence-electron chi connectivity index (χ1n) is 5.23. The molecule has 0 aliphatic rings. The van der Waals surface area contributed by atoms with Crippen LogP contribution in [-0.2, 0) is 0 Å². The van der Waals surface area contributed by atoms with Gasteiger partial charge in [0.2, 0.25) is 0 Å². The van der Waals surface area contributed by atoms with Crippen LogP contribution in [-0.4, -0.2) is 23.7 Å². The van der Waals surface area contributed by atoms with E-state index in [0.717, 1.165) is 0 Å². The number of carbonyl (C=O) groups is 2. The van der Waals surface area contributed by atoms with E-state index in [4.69, 9.17) is 5.11 Å². The second-order valence-corrected chi connectivity index (χ2v) is 4.37. The Morgan fingerprint density at radius 3 is 2.78 bits per heavy atom. The first-order valence-corrected chi connectivity index (χ1v) is 6.02. The summed E-state index contributed by atoms with van der Waals surface area (Å²) in [5, 5.41) is 14.1. The molecule has 0 aromatic heterocycles. The summed E-state index contributed by atoms with van der Waals surface area (Å²) in [5.74, 6) is -1.09. The third-order valence-corrected chi connectivity index (χ3v) is 2.59. The van der Waals surface area contributed by atoms with Crippen LogP contribution < -0.4 is 10.6 Å². The van der Waals surface area contributed by atoms with E-state index in [1.165, 1.54) is 12.1 Å². The summed E-state index contributed by atoms with van der Waals surface area (Å²) in [6.07, 6.45) is 2.33. The molecular weight excluding hydrogens is 300 g/mol. The molecule has 0 bridgehead atoms. The molecule has 0 fully saturated rings. The Kier molecular flexibility index (Phi) is 5.38. The van der Waals surface area contributed by atoms with E-state index in [9.17, 15) is 9.59 Å². The summed E-state index contributed by atoms with van der Waals surface area (Å²) in [6.45, 7) is 3.98. The lowest BCUT2D eigenvalue weighted by Gasteiger charge is -2.09. The van der Waals surface area contributed by atoms with Crippen LogP contribution in [0.25, 0.3) is 0 Å². The number of hydrogen-bond donors (Lipinski definition) is 3. The molecular formula is C12H13BrN2O3. The molecule has 0 saturated heterocycles. The normalized spacial score (nSPS) is 9.61. The minimum atomic E-state index is -1.09. The van der Waals surface area contributed by atoms with Crippen molar-refractivity contribution in [3.05, 3.63) is 40.9 Å². The molecule has 1 aromatic carbocycles. The first kappa shape index (κ1) is 14.2. The zero-order chi connectivity index (χ0) is 13.5. The van der Waals surface area contributed by atoms with Crippen molar-refractivity contribution in [2.45, 2.75) is 6.42 Å². The third-order valence-electron chi connectivity index (χ3n) is 2.09. The Balaban J connectivity index is 2.76. The molecule has 0 aliphatic carbocycles. The number of benzene rings is 1. The molecule has 0 heterocycles. The molecule has 0 unspecified atom stereocenters. The molecule has 0 radical (unpaired) electrons. The molecule has 6 heteroatoms. The Morgan fingerprint density at radius 1 is 1.44 bits per heavy atom. The van der Waals surface area contributed by atoms with Gasteiger partial charge in [-0.2, -0.15) is 0 Å². The van der Waals surface area contributed by atoms with Crippen molar-refractivity contribution >= 4 is 33.6 Å². The summed E-state index contributed by atoms with van der Waals surface area (Å²) in [5.41, 5.74) is 0.282. The number of aromatic carboxylic acids is 1. The number of urea groups is 1. The Bertz CT molecular complexity index is 474. The minimum absolute atomic E-state index is 0.0390. The van der Waals surface area contributed by atoms with E-state index in [0.29, 0.717) is 17.4 Å². The maximum Gasteiger partial charge on any atom is 0.337 e. The van der Waals surface area contributed by atoms with Crippen LogP contribution in [0.1, 0.15) is 16.8 Å². The molecule has 3 N–H and O–H groups in total. The quantitative estimate of drug-likeness (QED) is 0.578. The number of nitrogens with one attached hydrogen (secondary N) is 2. The fraction of sp³-hybridized carbons (Fsp3) is 0.167. The van der Waals surface area contributed by atoms with Crippen molar-refractivity contribution < 1.29 is 14.7 Å². The van der Waals surface area contributed by atoms with Gasteiger partial charge in [0.15, 0.2) is 0 Å². The number of rotatable bonds is 5. The van der Waals surface area contributed by atoms with Gasteiger partial charge < -0.3 is 15.7 Å². The predicted octanol–water partition coefficient (Wildman–Crippen LogP) is 2.84. The fourth-order valence-electron chi connectivity index (χ4n) is 1.26. The van der Waals surface area contributed by atoms with Crippen molar-refractivity contribution in [2.24, 2.45) is 0 Å². The first-order chi connectivity index (χ1) is 8.54. The molecule has 1 aromatic rings. The van der Waals surface area contributed by atoms with Crippen LogP contribution in [0.5, 0.6) is 0 Å². The van der Waals surface area contributed by atoms with Crippen LogP contribution in [0.15, 0.2) is 35.3 Å². The van der Waals surface area contributed by atoms with Crippen molar-refractivity contribution in [1.82, 2.24) is 5.32 Å². The van der Waals surface area contributed by atoms with Crippen molar-refractivity contribution in [3.8, 4) is 0 Å². The highest BCUT2D eigenvalue weighted by Crippen LogP contribution is 2.21. The number of hydrogen-bond acceptors (Lipinski definition) is 2. The topological polar surface area (TPSA) is 78.4 Å². The van der Waals surface area contributed by atoms with Gasteiger partial charge in [0.05, 0.1) is 11.3 Å². The molecule has 0 saturated carbocycles. The van der Waals surface area contributed by atoms with Crippen LogP contribution in [0, 0.1) is 0 Å². The fourth-order valence-corrected chi connectivity index (χ4v) is 1.62. The van der Waals surface area contributed by atoms with Crippen LogP contribution in [0.3, 0.4) is 0 Å². The average molecular weight is 313 g/mol. The van der Waals surface area contributed by atoms with Crippen molar-refractivity contribution in [2.75, 3.05) is 11.9 Å². The maximum atomic E-state index is 11.5. The van der Waals surface area contributed by atoms with E-state index in [1.807, 2.05) is 0 Å². The van der Waals surface area contributed by atoms with Gasteiger partial charge in [0.25, 0.3) is 0 Å². The van der Waals surface area contributed by atoms with E-state index < -0.39 is 12.0 Å². The molecule has 2 amide bonds. The van der Waals surface area contributed by atoms with Gasteiger partial charge in [0.1, 0.15) is 0 Å². The second kappa shape index (κ2) is 6.80. The van der Waals surface area contributed by atoms with Crippen molar-refractivity contribution in [3.63, 3.8) is 0 Å². The predicted molar refractivity (Wildman–Crippen MR) is 72.9 cm³/mol. The number of carbonyl (C=O) groups excluding carboxylic acids is 1. The Hall–Kier alpha value is -1.82. The zero-order valence-corrected chi connectivity index (χ0v) is 11.2. The van der Waals surface area contributed by atoms with Gasteiger partial charge in [-0.15, -0.1) is 6.58 Å². The Morgan fingerprint density at radius 2 is 2.17 bits per heavy atom. The van der Waals surface area contributed by atoms with Gasteiger partial charge in [-0.1, -0.05) is 22.0 Å². The summed E-state index contributed by atoms with van der Waals surface area (Å²) in [7, 11) is 0. The lowest BCUT2D eigenvalue weighted by atomic mass is 10.2. The second-order valence-electron chi connectivity index (χ2n) is 3.45. The van der Waals surface area contributed by atoms with Crippen molar-refractivity contribution in [1.29, 1.82) is 0 Å². The lowest BCUT2D eigenvalue weighted by molar-refractivity contribution is 0.0698. The number of carboxylic acids is 1. The highest BCUT2D eigenvalue weighted by Gasteiger charge is 2.12. The van der Waals surface area contributed by atoms with Crippen LogP contribution in [0.4, 0.5) is 10.5 Å². The summed E-state index contributed by atoms with van der Waals surface area (Å²) in [6, 6.07) is 4.12. The monoisotopic (exact) mass is 312 g/mol. The van der Waals surface area contributed by atoms with Gasteiger partial charge in [-0.25, -0.2) is 9.59 Å². The molecule has 1 rings (SSSR count). The molecule has 5 nitrogen and oxygen atoms in total. The standard InChI is InChI=1S/C12H13BrN2O3/c1-2-3-6-14-12(18)15-10-7-8(13)4-5-9(10)11(16)17/h2,4-5,7H,1,3,6H2,(H,16,17)(H2,14,15,18). The molecule has 96 valence electrons. The summed E-state index contributed by atoms with van der Waals surface area (Å²) >= 11 is 3.22. The van der Waals surface area contributed by atoms with Gasteiger partial charge in [-0.05, 0) is 24.6 Å². The number of anilines is 1. The summed E-state index contributed by atoms with van der Waals surface area (Å²) < 4.78 is 0.689. The maximum absolute atomic E-state index is 11.5. The van der Waals surface area contributed by atoms with E-state index in [2.05, 4.69) is 33.1 Å². The number of carboxylic acid groups (broad SMARTS) is 1. The molecule has 0 spiro atoms. The van der Waals surface area contributed by atoms with E-state index in [1.54, 1.807) is 12.1 Å². The highest BCUT2D eigenvalue weighted by molar-refractivity contribution is 9.10. The lowest BCUT2D eigenvalue weighted by Crippen LogP contribution is -2.30. The van der Waals surface area contributed by atoms with Crippen LogP contribution >= 0.6 is 15.9 Å². The average Bonchev–Trinajstić information content (AvgIpc) is 2.29. The number of amides is 2. The molecule has 0 atom stereocenters. The van der Waals surface area contributed by atoms with Gasteiger partial charge in [-0.3, -0.25) is 0 Å². The largest absolute Gasteiger partial charge is 0.478 e. The SMILES string of the molecule is C=CCCNC(=O)Nc1cc(Br)ccc1C(=O)O. The third kappa shape index (κ3) is 4.21. The molecule has 18 heavy (non-hydrogen) atoms. The minimum Gasteiger partial charge on any atom is -0.478 e. The molecule has 0 aliphatic heterocycles. The van der Waals surface area contributed by atoms with E-state index >= 15 is 0 Å². The van der Waals surface area contributed by atoms with Gasteiger partial charge >= 0.3 is 12.0 Å². The summed E-state index contributed by atoms with van der Waals surface area (Å²) in [4.78, 5) is 22.5. The van der Waals surface area contributed by atoms with Crippen LogP contribution in [0.2, 0.25) is 0 Å². The zero-order valence-electron chi connectivity index (χ0n) is 9.57. The Labute approximate surface area is 113 Å². The van der Waals surface area contributed by atoms with Gasteiger partial charge in [0, 0.05) is 11.0 Å².